The number of nitrogens with zero attached hydrogens (tertiary/aromatic N) is 2. The summed E-state index contributed by atoms with van der Waals surface area (Å²) in [6.07, 6.45) is 0.867. The molecule has 2 heterocycles. The van der Waals surface area contributed by atoms with Gasteiger partial charge in [-0.3, -0.25) is 4.79 Å². The lowest BCUT2D eigenvalue weighted by molar-refractivity contribution is -0.0283. The molecule has 130 valence electrons. The van der Waals surface area contributed by atoms with Crippen molar-refractivity contribution in [1.29, 1.82) is 0 Å². The fraction of sp³-hybridized carbons (Fsp3) is 0.381. The van der Waals surface area contributed by atoms with Crippen LogP contribution < -0.4 is 0 Å². The molecule has 0 N–H and O–H groups in total. The standard InChI is InChI=1S/C21H24N2O2/c1-22(2)13-16-7-3-5-9-18(16)20(24)23-12-11-21(15-23)19-10-6-4-8-17(19)14-25-21/h3-10H,11-15H2,1-2H3. The highest BCUT2D eigenvalue weighted by Gasteiger charge is 2.46. The fourth-order valence-corrected chi connectivity index (χ4v) is 4.06. The maximum Gasteiger partial charge on any atom is 0.254 e. The number of benzene rings is 2. The lowest BCUT2D eigenvalue weighted by atomic mass is 9.92. The zero-order chi connectivity index (χ0) is 17.4. The van der Waals surface area contributed by atoms with Gasteiger partial charge in [0.05, 0.1) is 13.2 Å². The molecule has 4 rings (SSSR count). The summed E-state index contributed by atoms with van der Waals surface area (Å²) >= 11 is 0. The third-order valence-corrected chi connectivity index (χ3v) is 5.27. The van der Waals surface area contributed by atoms with E-state index in [-0.39, 0.29) is 11.5 Å². The summed E-state index contributed by atoms with van der Waals surface area (Å²) in [5, 5.41) is 0. The van der Waals surface area contributed by atoms with Crippen LogP contribution >= 0.6 is 0 Å². The number of hydrogen-bond donors (Lipinski definition) is 0. The van der Waals surface area contributed by atoms with Gasteiger partial charge in [-0.25, -0.2) is 0 Å². The lowest BCUT2D eigenvalue weighted by Gasteiger charge is -2.25. The van der Waals surface area contributed by atoms with Crippen molar-refractivity contribution in [2.24, 2.45) is 0 Å². The number of ether oxygens (including phenoxy) is 1. The van der Waals surface area contributed by atoms with Crippen LogP contribution in [0, 0.1) is 0 Å². The average molecular weight is 336 g/mol. The maximum atomic E-state index is 13.2. The van der Waals surface area contributed by atoms with E-state index in [9.17, 15) is 4.79 Å². The predicted molar refractivity (Wildman–Crippen MR) is 97.3 cm³/mol. The molecule has 1 amide bonds. The predicted octanol–water partition coefficient (Wildman–Crippen LogP) is 3.02. The Labute approximate surface area is 149 Å². The SMILES string of the molecule is CN(C)Cc1ccccc1C(=O)N1CCC2(C1)OCc1ccccc12. The van der Waals surface area contributed by atoms with Crippen molar-refractivity contribution in [2.45, 2.75) is 25.2 Å². The molecule has 0 bridgehead atoms. The minimum Gasteiger partial charge on any atom is -0.364 e. The van der Waals surface area contributed by atoms with E-state index >= 15 is 0 Å². The molecule has 2 aromatic rings. The van der Waals surface area contributed by atoms with Crippen LogP contribution in [0.15, 0.2) is 48.5 Å². The van der Waals surface area contributed by atoms with Crippen LogP contribution in [0.25, 0.3) is 0 Å². The van der Waals surface area contributed by atoms with Gasteiger partial charge in [-0.15, -0.1) is 0 Å². The first kappa shape index (κ1) is 16.3. The molecule has 2 aliphatic heterocycles. The van der Waals surface area contributed by atoms with Crippen molar-refractivity contribution < 1.29 is 9.53 Å². The van der Waals surface area contributed by atoms with Crippen molar-refractivity contribution in [1.82, 2.24) is 9.80 Å². The summed E-state index contributed by atoms with van der Waals surface area (Å²) in [4.78, 5) is 17.2. The molecule has 1 saturated heterocycles. The summed E-state index contributed by atoms with van der Waals surface area (Å²) in [5.41, 5.74) is 4.07. The molecule has 1 fully saturated rings. The highest BCUT2D eigenvalue weighted by molar-refractivity contribution is 5.96. The van der Waals surface area contributed by atoms with Gasteiger partial charge in [-0.05, 0) is 43.3 Å². The molecule has 0 aromatic heterocycles. The molecular formula is C21H24N2O2. The van der Waals surface area contributed by atoms with Gasteiger partial charge in [-0.1, -0.05) is 42.5 Å². The van der Waals surface area contributed by atoms with Gasteiger partial charge >= 0.3 is 0 Å². The monoisotopic (exact) mass is 336 g/mol. The summed E-state index contributed by atoms with van der Waals surface area (Å²) in [7, 11) is 4.05. The number of rotatable bonds is 3. The first-order valence-corrected chi connectivity index (χ1v) is 8.83. The van der Waals surface area contributed by atoms with Crippen molar-refractivity contribution in [2.75, 3.05) is 27.2 Å². The van der Waals surface area contributed by atoms with Gasteiger partial charge in [0.15, 0.2) is 0 Å². The molecule has 1 spiro atoms. The zero-order valence-electron chi connectivity index (χ0n) is 14.9. The normalized spacial score (nSPS) is 22.0. The van der Waals surface area contributed by atoms with Crippen LogP contribution in [-0.4, -0.2) is 42.9 Å². The molecular weight excluding hydrogens is 312 g/mol. The van der Waals surface area contributed by atoms with E-state index in [0.717, 1.165) is 30.6 Å². The van der Waals surface area contributed by atoms with Crippen LogP contribution in [0.1, 0.15) is 33.5 Å². The van der Waals surface area contributed by atoms with E-state index in [0.29, 0.717) is 13.2 Å². The van der Waals surface area contributed by atoms with E-state index in [4.69, 9.17) is 4.74 Å². The van der Waals surface area contributed by atoms with E-state index in [2.05, 4.69) is 29.2 Å². The topological polar surface area (TPSA) is 32.8 Å². The Hall–Kier alpha value is -2.17. The Balaban J connectivity index is 1.58. The second-order valence-electron chi connectivity index (χ2n) is 7.31. The number of amides is 1. The Morgan fingerprint density at radius 1 is 1.16 bits per heavy atom. The number of hydrogen-bond acceptors (Lipinski definition) is 3. The van der Waals surface area contributed by atoms with Gasteiger partial charge in [0, 0.05) is 18.7 Å². The molecule has 1 atom stereocenters. The minimum atomic E-state index is -0.317. The fourth-order valence-electron chi connectivity index (χ4n) is 4.06. The Bertz CT molecular complexity index is 802. The molecule has 2 aromatic carbocycles. The van der Waals surface area contributed by atoms with Crippen molar-refractivity contribution in [3.63, 3.8) is 0 Å². The average Bonchev–Trinajstić information content (AvgIpc) is 3.20. The van der Waals surface area contributed by atoms with Gasteiger partial charge in [0.1, 0.15) is 5.60 Å². The molecule has 1 unspecified atom stereocenters. The molecule has 0 radical (unpaired) electrons. The van der Waals surface area contributed by atoms with E-state index in [1.165, 1.54) is 11.1 Å². The van der Waals surface area contributed by atoms with Crippen LogP contribution in [0.4, 0.5) is 0 Å². The minimum absolute atomic E-state index is 0.113. The van der Waals surface area contributed by atoms with E-state index < -0.39 is 0 Å². The highest BCUT2D eigenvalue weighted by atomic mass is 16.5. The molecule has 0 saturated carbocycles. The summed E-state index contributed by atoms with van der Waals surface area (Å²) in [6, 6.07) is 16.3. The first-order valence-electron chi connectivity index (χ1n) is 8.83. The van der Waals surface area contributed by atoms with Gasteiger partial charge in [0.25, 0.3) is 5.91 Å². The van der Waals surface area contributed by atoms with Crippen molar-refractivity contribution in [3.05, 3.63) is 70.8 Å². The molecule has 0 aliphatic carbocycles. The first-order chi connectivity index (χ1) is 12.1. The molecule has 25 heavy (non-hydrogen) atoms. The summed E-state index contributed by atoms with van der Waals surface area (Å²) < 4.78 is 6.18. The van der Waals surface area contributed by atoms with Crippen LogP contribution in [-0.2, 0) is 23.5 Å². The summed E-state index contributed by atoms with van der Waals surface area (Å²) in [6.45, 7) is 2.79. The lowest BCUT2D eigenvalue weighted by Crippen LogP contribution is -2.35. The Morgan fingerprint density at radius 3 is 2.76 bits per heavy atom. The largest absolute Gasteiger partial charge is 0.364 e. The van der Waals surface area contributed by atoms with Crippen LogP contribution in [0.3, 0.4) is 0 Å². The maximum absolute atomic E-state index is 13.2. The molecule has 4 nitrogen and oxygen atoms in total. The third-order valence-electron chi connectivity index (χ3n) is 5.27. The Kier molecular flexibility index (Phi) is 4.10. The van der Waals surface area contributed by atoms with Gasteiger partial charge in [-0.2, -0.15) is 0 Å². The van der Waals surface area contributed by atoms with Gasteiger partial charge in [0.2, 0.25) is 0 Å². The Morgan fingerprint density at radius 2 is 1.92 bits per heavy atom. The number of likely N-dealkylation sites (tertiary alicyclic amines) is 1. The summed E-state index contributed by atoms with van der Waals surface area (Å²) in [5.74, 6) is 0.113. The quantitative estimate of drug-likeness (QED) is 0.864. The van der Waals surface area contributed by atoms with Crippen LogP contribution in [0.5, 0.6) is 0 Å². The van der Waals surface area contributed by atoms with Crippen LogP contribution in [0.2, 0.25) is 0 Å². The van der Waals surface area contributed by atoms with Crippen molar-refractivity contribution in [3.8, 4) is 0 Å². The molecule has 2 aliphatic rings. The van der Waals surface area contributed by atoms with Gasteiger partial charge < -0.3 is 14.5 Å². The number of carbonyl (C=O) groups excluding carboxylic acids is 1. The third kappa shape index (κ3) is 2.86. The number of carbonyl (C=O) groups is 1. The second-order valence-corrected chi connectivity index (χ2v) is 7.31. The number of fused-ring (bicyclic) bond motifs is 2. The van der Waals surface area contributed by atoms with Crippen molar-refractivity contribution >= 4 is 5.91 Å². The van der Waals surface area contributed by atoms with E-state index in [1.54, 1.807) is 0 Å². The smallest absolute Gasteiger partial charge is 0.254 e. The molecule has 4 heteroatoms. The zero-order valence-corrected chi connectivity index (χ0v) is 14.9. The highest BCUT2D eigenvalue weighted by Crippen LogP contribution is 2.43. The second kappa shape index (κ2) is 6.28. The van der Waals surface area contributed by atoms with E-state index in [1.807, 2.05) is 43.3 Å².